The largest absolute Gasteiger partial charge is 0.464 e. The molecule has 1 aromatic heterocycles. The number of furan rings is 1. The summed E-state index contributed by atoms with van der Waals surface area (Å²) in [5.41, 5.74) is 2.50. The summed E-state index contributed by atoms with van der Waals surface area (Å²) in [6.07, 6.45) is 12.4. The van der Waals surface area contributed by atoms with Crippen LogP contribution in [0.1, 0.15) is 76.2 Å². The van der Waals surface area contributed by atoms with Crippen LogP contribution in [0.15, 0.2) is 34.9 Å². The van der Waals surface area contributed by atoms with Crippen LogP contribution in [-0.2, 0) is 4.79 Å². The summed E-state index contributed by atoms with van der Waals surface area (Å²) in [6, 6.07) is 8.63. The molecule has 0 N–H and O–H groups in total. The van der Waals surface area contributed by atoms with Crippen molar-refractivity contribution < 1.29 is 9.21 Å². The summed E-state index contributed by atoms with van der Waals surface area (Å²) >= 11 is 0. The van der Waals surface area contributed by atoms with Crippen LogP contribution in [0.4, 0.5) is 0 Å². The van der Waals surface area contributed by atoms with E-state index in [1.165, 1.54) is 75.5 Å². The van der Waals surface area contributed by atoms with Crippen molar-refractivity contribution in [1.82, 2.24) is 4.90 Å². The summed E-state index contributed by atoms with van der Waals surface area (Å²) in [6.45, 7) is 5.69. The van der Waals surface area contributed by atoms with Crippen molar-refractivity contribution in [2.24, 2.45) is 11.8 Å². The second kappa shape index (κ2) is 9.26. The zero-order valence-electron chi connectivity index (χ0n) is 17.4. The van der Waals surface area contributed by atoms with Crippen LogP contribution in [0.25, 0.3) is 11.0 Å². The SMILES string of the molecule is CCC(=O)CC1CCC(CCN2CCC(c3cccc4occc34)CC2)CC1. The number of benzene rings is 1. The Morgan fingerprint density at radius 1 is 1.04 bits per heavy atom. The van der Waals surface area contributed by atoms with Gasteiger partial charge in [-0.15, -0.1) is 0 Å². The fourth-order valence-electron chi connectivity index (χ4n) is 5.40. The number of nitrogens with zero attached hydrogens (tertiary/aromatic N) is 1. The highest BCUT2D eigenvalue weighted by Crippen LogP contribution is 2.35. The van der Waals surface area contributed by atoms with Gasteiger partial charge in [-0.25, -0.2) is 0 Å². The predicted molar refractivity (Wildman–Crippen MR) is 115 cm³/mol. The first kappa shape index (κ1) is 19.7. The first-order chi connectivity index (χ1) is 13.7. The van der Waals surface area contributed by atoms with Crippen LogP contribution in [0.5, 0.6) is 0 Å². The van der Waals surface area contributed by atoms with Gasteiger partial charge in [0.15, 0.2) is 0 Å². The van der Waals surface area contributed by atoms with Crippen molar-refractivity contribution in [3.8, 4) is 0 Å². The topological polar surface area (TPSA) is 33.5 Å². The van der Waals surface area contributed by atoms with E-state index in [-0.39, 0.29) is 0 Å². The number of rotatable bonds is 7. The first-order valence-electron chi connectivity index (χ1n) is 11.4. The van der Waals surface area contributed by atoms with E-state index < -0.39 is 0 Å². The fraction of sp³-hybridized carbons (Fsp3) is 0.640. The lowest BCUT2D eigenvalue weighted by Crippen LogP contribution is -2.34. The Labute approximate surface area is 169 Å². The molecular weight excluding hydrogens is 346 g/mol. The zero-order valence-corrected chi connectivity index (χ0v) is 17.4. The molecule has 0 radical (unpaired) electrons. The van der Waals surface area contributed by atoms with E-state index >= 15 is 0 Å². The summed E-state index contributed by atoms with van der Waals surface area (Å²) in [4.78, 5) is 14.3. The maximum absolute atomic E-state index is 11.7. The van der Waals surface area contributed by atoms with Gasteiger partial charge in [0.05, 0.1) is 6.26 Å². The molecule has 152 valence electrons. The van der Waals surface area contributed by atoms with Crippen molar-refractivity contribution in [3.63, 3.8) is 0 Å². The molecule has 0 spiro atoms. The van der Waals surface area contributed by atoms with Crippen molar-refractivity contribution >= 4 is 16.8 Å². The number of ketones is 1. The summed E-state index contributed by atoms with van der Waals surface area (Å²) in [5.74, 6) is 2.68. The van der Waals surface area contributed by atoms with Gasteiger partial charge in [0.2, 0.25) is 0 Å². The van der Waals surface area contributed by atoms with E-state index in [1.54, 1.807) is 0 Å². The molecule has 1 aliphatic carbocycles. The lowest BCUT2D eigenvalue weighted by Gasteiger charge is -2.34. The van der Waals surface area contributed by atoms with Crippen LogP contribution in [0, 0.1) is 11.8 Å². The van der Waals surface area contributed by atoms with Gasteiger partial charge in [0.1, 0.15) is 11.4 Å². The van der Waals surface area contributed by atoms with E-state index in [1.807, 2.05) is 13.2 Å². The summed E-state index contributed by atoms with van der Waals surface area (Å²) in [5, 5.41) is 1.30. The maximum Gasteiger partial charge on any atom is 0.134 e. The second-order valence-electron chi connectivity index (χ2n) is 9.07. The van der Waals surface area contributed by atoms with Gasteiger partial charge in [-0.3, -0.25) is 4.79 Å². The molecule has 3 heteroatoms. The molecule has 3 nitrogen and oxygen atoms in total. The fourth-order valence-corrected chi connectivity index (χ4v) is 5.40. The highest BCUT2D eigenvalue weighted by molar-refractivity contribution is 5.81. The third kappa shape index (κ3) is 4.68. The van der Waals surface area contributed by atoms with Gasteiger partial charge >= 0.3 is 0 Å². The maximum atomic E-state index is 11.7. The molecule has 2 fully saturated rings. The average molecular weight is 382 g/mol. The number of hydrogen-bond acceptors (Lipinski definition) is 3. The number of likely N-dealkylation sites (tertiary alicyclic amines) is 1. The van der Waals surface area contributed by atoms with Crippen LogP contribution < -0.4 is 0 Å². The molecule has 1 aromatic carbocycles. The average Bonchev–Trinajstić information content (AvgIpc) is 3.22. The summed E-state index contributed by atoms with van der Waals surface area (Å²) in [7, 11) is 0. The zero-order chi connectivity index (χ0) is 19.3. The van der Waals surface area contributed by atoms with E-state index in [4.69, 9.17) is 4.42 Å². The second-order valence-corrected chi connectivity index (χ2v) is 9.07. The van der Waals surface area contributed by atoms with Crippen molar-refractivity contribution in [2.75, 3.05) is 19.6 Å². The lowest BCUT2D eigenvalue weighted by molar-refractivity contribution is -0.119. The predicted octanol–water partition coefficient (Wildman–Crippen LogP) is 6.18. The van der Waals surface area contributed by atoms with Gasteiger partial charge in [-0.2, -0.15) is 0 Å². The van der Waals surface area contributed by atoms with Gasteiger partial charge in [0, 0.05) is 18.2 Å². The number of fused-ring (bicyclic) bond motifs is 1. The number of carbonyl (C=O) groups is 1. The van der Waals surface area contributed by atoms with Crippen molar-refractivity contribution in [1.29, 1.82) is 0 Å². The van der Waals surface area contributed by atoms with Crippen molar-refractivity contribution in [2.45, 2.75) is 70.6 Å². The number of hydrogen-bond donors (Lipinski definition) is 0. The molecule has 0 atom stereocenters. The molecule has 0 unspecified atom stereocenters. The van der Waals surface area contributed by atoms with Gasteiger partial charge in [0.25, 0.3) is 0 Å². The van der Waals surface area contributed by atoms with Crippen LogP contribution in [-0.4, -0.2) is 30.3 Å². The molecular formula is C25H35NO2. The molecule has 4 rings (SSSR count). The van der Waals surface area contributed by atoms with Crippen LogP contribution in [0.3, 0.4) is 0 Å². The Morgan fingerprint density at radius 3 is 2.54 bits per heavy atom. The molecule has 2 aromatic rings. The molecule has 1 aliphatic heterocycles. The molecule has 1 saturated carbocycles. The van der Waals surface area contributed by atoms with E-state index in [9.17, 15) is 4.79 Å². The Morgan fingerprint density at radius 2 is 1.79 bits per heavy atom. The van der Waals surface area contributed by atoms with E-state index in [0.29, 0.717) is 24.0 Å². The normalized spacial score (nSPS) is 24.6. The minimum Gasteiger partial charge on any atom is -0.464 e. The summed E-state index contributed by atoms with van der Waals surface area (Å²) < 4.78 is 5.58. The number of Topliss-reactive ketones (excluding diaryl/α,β-unsaturated/α-hetero) is 1. The minimum absolute atomic E-state index is 0.456. The van der Waals surface area contributed by atoms with Gasteiger partial charge < -0.3 is 9.32 Å². The smallest absolute Gasteiger partial charge is 0.134 e. The Balaban J connectivity index is 1.19. The first-order valence-corrected chi connectivity index (χ1v) is 11.4. The molecule has 0 bridgehead atoms. The molecule has 1 saturated heterocycles. The quantitative estimate of drug-likeness (QED) is 0.574. The third-order valence-electron chi connectivity index (χ3n) is 7.29. The van der Waals surface area contributed by atoms with E-state index in [0.717, 1.165) is 17.9 Å². The molecule has 0 amide bonds. The van der Waals surface area contributed by atoms with Gasteiger partial charge in [-0.1, -0.05) is 31.9 Å². The highest BCUT2D eigenvalue weighted by Gasteiger charge is 2.25. The molecule has 2 heterocycles. The monoisotopic (exact) mass is 381 g/mol. The number of carbonyl (C=O) groups excluding carboxylic acids is 1. The van der Waals surface area contributed by atoms with Crippen molar-refractivity contribution in [3.05, 3.63) is 36.1 Å². The molecule has 2 aliphatic rings. The minimum atomic E-state index is 0.456. The third-order valence-corrected chi connectivity index (χ3v) is 7.29. The lowest BCUT2D eigenvalue weighted by atomic mass is 9.78. The van der Waals surface area contributed by atoms with Crippen LogP contribution >= 0.6 is 0 Å². The van der Waals surface area contributed by atoms with Gasteiger partial charge in [-0.05, 0) is 87.2 Å². The standard InChI is InChI=1S/C25H35NO2/c1-2-22(27)18-20-8-6-19(7-9-20)10-14-26-15-11-21(12-16-26)23-4-3-5-25-24(23)13-17-28-25/h3-5,13,17,19-21H,2,6-12,14-16,18H2,1H3. The van der Waals surface area contributed by atoms with Crippen LogP contribution in [0.2, 0.25) is 0 Å². The Kier molecular flexibility index (Phi) is 6.51. The molecule has 28 heavy (non-hydrogen) atoms. The Hall–Kier alpha value is -1.61. The number of piperidine rings is 1. The Bertz CT molecular complexity index is 764. The highest BCUT2D eigenvalue weighted by atomic mass is 16.3. The van der Waals surface area contributed by atoms with E-state index in [2.05, 4.69) is 29.2 Å².